The number of hydrogen-bond acceptors (Lipinski definition) is 4. The van der Waals surface area contributed by atoms with Crippen LogP contribution in [0.4, 0.5) is 4.39 Å². The van der Waals surface area contributed by atoms with Crippen LogP contribution in [0.15, 0.2) is 72.8 Å². The smallest absolute Gasteiger partial charge is 0.123 e. The summed E-state index contributed by atoms with van der Waals surface area (Å²) in [7, 11) is 0. The molecule has 4 nitrogen and oxygen atoms in total. The lowest BCUT2D eigenvalue weighted by Crippen LogP contribution is -2.48. The molecule has 0 aromatic heterocycles. The Bertz CT molecular complexity index is 1060. The van der Waals surface area contributed by atoms with E-state index in [0.717, 1.165) is 48.7 Å². The van der Waals surface area contributed by atoms with E-state index in [2.05, 4.69) is 23.1 Å². The van der Waals surface area contributed by atoms with E-state index in [1.807, 2.05) is 30.3 Å². The Morgan fingerprint density at radius 1 is 0.970 bits per heavy atom. The molecule has 172 valence electrons. The van der Waals surface area contributed by atoms with Crippen LogP contribution in [0, 0.1) is 5.82 Å². The molecule has 3 aromatic carbocycles. The zero-order chi connectivity index (χ0) is 22.7. The van der Waals surface area contributed by atoms with Crippen LogP contribution in [0.2, 0.25) is 0 Å². The molecular formula is C28H30FNO3. The quantitative estimate of drug-likeness (QED) is 0.566. The second-order valence-corrected chi connectivity index (χ2v) is 9.32. The lowest BCUT2D eigenvalue weighted by atomic mass is 9.85. The molecule has 1 unspecified atom stereocenters. The first-order valence-corrected chi connectivity index (χ1v) is 11.7. The molecule has 2 aliphatic rings. The molecule has 1 atom stereocenters. The first kappa shape index (κ1) is 21.9. The minimum absolute atomic E-state index is 0.118. The van der Waals surface area contributed by atoms with Gasteiger partial charge in [-0.05, 0) is 54.3 Å². The van der Waals surface area contributed by atoms with Crippen molar-refractivity contribution in [3.05, 3.63) is 95.3 Å². The molecule has 1 saturated heterocycles. The zero-order valence-electron chi connectivity index (χ0n) is 18.8. The molecule has 3 aromatic rings. The summed E-state index contributed by atoms with van der Waals surface area (Å²) in [6.45, 7) is 3.07. The fourth-order valence-corrected chi connectivity index (χ4v) is 4.83. The Hall–Kier alpha value is -2.89. The molecule has 0 aliphatic carbocycles. The van der Waals surface area contributed by atoms with Crippen LogP contribution < -0.4 is 9.47 Å². The maximum atomic E-state index is 13.1. The van der Waals surface area contributed by atoms with E-state index in [1.54, 1.807) is 12.1 Å². The van der Waals surface area contributed by atoms with E-state index in [4.69, 9.17) is 9.47 Å². The highest BCUT2D eigenvalue weighted by atomic mass is 19.1. The van der Waals surface area contributed by atoms with E-state index in [-0.39, 0.29) is 11.9 Å². The van der Waals surface area contributed by atoms with Crippen LogP contribution in [-0.4, -0.2) is 41.3 Å². The summed E-state index contributed by atoms with van der Waals surface area (Å²) in [4.78, 5) is 2.38. The first-order valence-electron chi connectivity index (χ1n) is 11.7. The third-order valence-electron chi connectivity index (χ3n) is 6.72. The number of fused-ring (bicyclic) bond motifs is 1. The predicted molar refractivity (Wildman–Crippen MR) is 126 cm³/mol. The average Bonchev–Trinajstić information content (AvgIpc) is 3.23. The van der Waals surface area contributed by atoms with Crippen LogP contribution in [0.5, 0.6) is 11.5 Å². The van der Waals surface area contributed by atoms with Gasteiger partial charge >= 0.3 is 0 Å². The summed E-state index contributed by atoms with van der Waals surface area (Å²) < 4.78 is 25.3. The van der Waals surface area contributed by atoms with Gasteiger partial charge in [-0.1, -0.05) is 42.5 Å². The van der Waals surface area contributed by atoms with Crippen molar-refractivity contribution in [2.24, 2.45) is 0 Å². The first-order chi connectivity index (χ1) is 16.0. The van der Waals surface area contributed by atoms with Gasteiger partial charge in [0.05, 0.1) is 5.60 Å². The van der Waals surface area contributed by atoms with Crippen molar-refractivity contribution < 1.29 is 19.0 Å². The van der Waals surface area contributed by atoms with Crippen molar-refractivity contribution >= 4 is 0 Å². The zero-order valence-corrected chi connectivity index (χ0v) is 18.8. The Balaban J connectivity index is 1.11. The van der Waals surface area contributed by atoms with Gasteiger partial charge in [-0.15, -0.1) is 0 Å². The number of piperidine rings is 1. The summed E-state index contributed by atoms with van der Waals surface area (Å²) >= 11 is 0. The maximum absolute atomic E-state index is 13.1. The van der Waals surface area contributed by atoms with Crippen LogP contribution in [0.1, 0.15) is 29.5 Å². The number of halogens is 1. The van der Waals surface area contributed by atoms with Gasteiger partial charge in [-0.25, -0.2) is 4.39 Å². The number of nitrogens with zero attached hydrogens (tertiary/aromatic N) is 1. The normalized spacial score (nSPS) is 19.6. The van der Waals surface area contributed by atoms with Gasteiger partial charge in [0, 0.05) is 38.0 Å². The van der Waals surface area contributed by atoms with Crippen molar-refractivity contribution in [1.29, 1.82) is 0 Å². The molecule has 0 bridgehead atoms. The van der Waals surface area contributed by atoms with Crippen LogP contribution in [0.3, 0.4) is 0 Å². The lowest BCUT2D eigenvalue weighted by molar-refractivity contribution is -0.0265. The van der Waals surface area contributed by atoms with Crippen LogP contribution in [0.25, 0.3) is 0 Å². The average molecular weight is 448 g/mol. The molecule has 33 heavy (non-hydrogen) atoms. The standard InChI is InChI=1S/C28H30FNO3/c29-24-8-6-21(7-9-24)18-28(31)12-14-30(15-13-28)19-26-17-23-16-25(10-11-27(23)33-26)32-20-22-4-2-1-3-5-22/h1-11,16,26,31H,12-15,17-20H2. The highest BCUT2D eigenvalue weighted by Crippen LogP contribution is 2.33. The Morgan fingerprint density at radius 3 is 2.48 bits per heavy atom. The third-order valence-corrected chi connectivity index (χ3v) is 6.72. The minimum atomic E-state index is -0.723. The maximum Gasteiger partial charge on any atom is 0.123 e. The second-order valence-electron chi connectivity index (χ2n) is 9.32. The van der Waals surface area contributed by atoms with Gasteiger partial charge in [-0.2, -0.15) is 0 Å². The van der Waals surface area contributed by atoms with E-state index < -0.39 is 5.60 Å². The summed E-state index contributed by atoms with van der Waals surface area (Å²) in [6, 6.07) is 22.7. The van der Waals surface area contributed by atoms with Crippen LogP contribution >= 0.6 is 0 Å². The van der Waals surface area contributed by atoms with Gasteiger partial charge in [0.15, 0.2) is 0 Å². The topological polar surface area (TPSA) is 41.9 Å². The molecule has 1 N–H and O–H groups in total. The predicted octanol–water partition coefficient (Wildman–Crippen LogP) is 4.78. The second kappa shape index (κ2) is 9.54. The molecule has 5 rings (SSSR count). The van der Waals surface area contributed by atoms with E-state index in [1.165, 1.54) is 17.7 Å². The van der Waals surface area contributed by atoms with Crippen LogP contribution in [-0.2, 0) is 19.4 Å². The highest BCUT2D eigenvalue weighted by molar-refractivity contribution is 5.43. The Morgan fingerprint density at radius 2 is 1.73 bits per heavy atom. The largest absolute Gasteiger partial charge is 0.489 e. The molecule has 0 spiro atoms. The molecule has 1 fully saturated rings. The van der Waals surface area contributed by atoms with Gasteiger partial charge in [0.1, 0.15) is 30.0 Å². The number of likely N-dealkylation sites (tertiary alicyclic amines) is 1. The number of ether oxygens (including phenoxy) is 2. The van der Waals surface area contributed by atoms with Gasteiger partial charge in [0.2, 0.25) is 0 Å². The fourth-order valence-electron chi connectivity index (χ4n) is 4.83. The molecule has 2 heterocycles. The van der Waals surface area contributed by atoms with Crippen molar-refractivity contribution in [2.75, 3.05) is 19.6 Å². The molecule has 5 heteroatoms. The lowest BCUT2D eigenvalue weighted by Gasteiger charge is -2.39. The SMILES string of the molecule is OC1(Cc2ccc(F)cc2)CCN(CC2Cc3cc(OCc4ccccc4)ccc3O2)CC1. The summed E-state index contributed by atoms with van der Waals surface area (Å²) in [5.41, 5.74) is 2.60. The van der Waals surface area contributed by atoms with Crippen molar-refractivity contribution in [3.63, 3.8) is 0 Å². The fraction of sp³-hybridized carbons (Fsp3) is 0.357. The molecule has 0 radical (unpaired) electrons. The van der Waals surface area contributed by atoms with Gasteiger partial charge in [-0.3, -0.25) is 4.90 Å². The number of hydrogen-bond donors (Lipinski definition) is 1. The minimum Gasteiger partial charge on any atom is -0.489 e. The third kappa shape index (κ3) is 5.55. The van der Waals surface area contributed by atoms with Crippen molar-refractivity contribution in [1.82, 2.24) is 4.90 Å². The summed E-state index contributed by atoms with van der Waals surface area (Å²) in [6.07, 6.45) is 2.97. The monoisotopic (exact) mass is 447 g/mol. The van der Waals surface area contributed by atoms with Gasteiger partial charge in [0.25, 0.3) is 0 Å². The summed E-state index contributed by atoms with van der Waals surface area (Å²) in [5.74, 6) is 1.57. The molecular weight excluding hydrogens is 417 g/mol. The van der Waals surface area contributed by atoms with E-state index >= 15 is 0 Å². The number of benzene rings is 3. The molecule has 2 aliphatic heterocycles. The molecule has 0 amide bonds. The Kier molecular flexibility index (Phi) is 6.34. The van der Waals surface area contributed by atoms with E-state index in [9.17, 15) is 9.50 Å². The Labute approximate surface area is 194 Å². The number of rotatable bonds is 7. The summed E-state index contributed by atoms with van der Waals surface area (Å²) in [5, 5.41) is 11.0. The molecule has 0 saturated carbocycles. The van der Waals surface area contributed by atoms with Crippen molar-refractivity contribution in [3.8, 4) is 11.5 Å². The number of aliphatic hydroxyl groups is 1. The van der Waals surface area contributed by atoms with Gasteiger partial charge < -0.3 is 14.6 Å². The highest BCUT2D eigenvalue weighted by Gasteiger charge is 2.34. The van der Waals surface area contributed by atoms with E-state index in [0.29, 0.717) is 25.9 Å². The van der Waals surface area contributed by atoms with Crippen molar-refractivity contribution in [2.45, 2.75) is 44.0 Å².